The highest BCUT2D eigenvalue weighted by atomic mass is 16.6. The predicted octanol–water partition coefficient (Wildman–Crippen LogP) is 3.40. The molecule has 1 heterocycles. The number of alkyl carbamates (subject to hydrolysis) is 1. The van der Waals surface area contributed by atoms with Gasteiger partial charge < -0.3 is 24.8 Å². The summed E-state index contributed by atoms with van der Waals surface area (Å²) in [6.07, 6.45) is 0.0713. The number of benzene rings is 1. The van der Waals surface area contributed by atoms with E-state index < -0.39 is 29.8 Å². The topological polar surface area (TPSA) is 105 Å². The molecule has 1 aliphatic rings. The van der Waals surface area contributed by atoms with Crippen LogP contribution < -0.4 is 5.32 Å². The van der Waals surface area contributed by atoms with Gasteiger partial charge in [0.1, 0.15) is 12.2 Å². The van der Waals surface area contributed by atoms with Crippen LogP contribution in [0.1, 0.15) is 45.6 Å². The van der Waals surface area contributed by atoms with Crippen LogP contribution in [0.5, 0.6) is 0 Å². The molecular formula is C21H30N2O6. The summed E-state index contributed by atoms with van der Waals surface area (Å²) in [5.41, 5.74) is 0.232. The van der Waals surface area contributed by atoms with Crippen LogP contribution in [0.2, 0.25) is 0 Å². The second-order valence-corrected chi connectivity index (χ2v) is 8.24. The number of aliphatic carboxylic acids is 1. The third-order valence-electron chi connectivity index (χ3n) is 4.59. The number of piperidine rings is 1. The smallest absolute Gasteiger partial charge is 0.410 e. The Balaban J connectivity index is 1.96. The molecule has 2 rings (SSSR count). The minimum absolute atomic E-state index is 0.0984. The van der Waals surface area contributed by atoms with Crippen LogP contribution in [0.3, 0.4) is 0 Å². The number of rotatable bonds is 6. The second kappa shape index (κ2) is 10.1. The molecule has 1 aromatic rings. The average Bonchev–Trinajstić information content (AvgIpc) is 2.65. The maximum Gasteiger partial charge on any atom is 0.410 e. The quantitative estimate of drug-likeness (QED) is 0.750. The van der Waals surface area contributed by atoms with Gasteiger partial charge in [-0.05, 0) is 45.1 Å². The van der Waals surface area contributed by atoms with Crippen molar-refractivity contribution in [1.82, 2.24) is 10.2 Å². The van der Waals surface area contributed by atoms with Crippen LogP contribution >= 0.6 is 0 Å². The van der Waals surface area contributed by atoms with Gasteiger partial charge in [0.2, 0.25) is 0 Å². The fraction of sp³-hybridized carbons (Fsp3) is 0.571. The number of carboxylic acid groups (broad SMARTS) is 1. The first-order valence-corrected chi connectivity index (χ1v) is 9.81. The van der Waals surface area contributed by atoms with Crippen LogP contribution in [-0.2, 0) is 20.9 Å². The monoisotopic (exact) mass is 406 g/mol. The van der Waals surface area contributed by atoms with E-state index in [0.29, 0.717) is 25.9 Å². The van der Waals surface area contributed by atoms with Crippen LogP contribution in [0.4, 0.5) is 9.59 Å². The molecule has 0 unspecified atom stereocenters. The molecule has 0 aliphatic carbocycles. The molecule has 8 nitrogen and oxygen atoms in total. The Morgan fingerprint density at radius 2 is 1.93 bits per heavy atom. The van der Waals surface area contributed by atoms with E-state index in [1.807, 2.05) is 30.3 Å². The van der Waals surface area contributed by atoms with Gasteiger partial charge >= 0.3 is 18.2 Å². The zero-order valence-electron chi connectivity index (χ0n) is 17.2. The van der Waals surface area contributed by atoms with Crippen molar-refractivity contribution in [2.24, 2.45) is 5.92 Å². The highest BCUT2D eigenvalue weighted by molar-refractivity contribution is 5.72. The second-order valence-electron chi connectivity index (χ2n) is 8.24. The minimum atomic E-state index is -1.02. The van der Waals surface area contributed by atoms with Crippen molar-refractivity contribution in [3.05, 3.63) is 35.9 Å². The number of amides is 2. The highest BCUT2D eigenvalue weighted by Crippen LogP contribution is 2.23. The van der Waals surface area contributed by atoms with Gasteiger partial charge in [-0.1, -0.05) is 30.3 Å². The van der Waals surface area contributed by atoms with Crippen molar-refractivity contribution in [3.8, 4) is 0 Å². The van der Waals surface area contributed by atoms with Crippen molar-refractivity contribution >= 4 is 18.2 Å². The SMILES string of the molecule is CC(C)(C)OC(=O)N1CCC[C@H]([C@H](CC(=O)O)NC(=O)OCc2ccccc2)C1. The zero-order valence-corrected chi connectivity index (χ0v) is 17.2. The van der Waals surface area contributed by atoms with Crippen LogP contribution in [0.25, 0.3) is 0 Å². The molecule has 0 spiro atoms. The minimum Gasteiger partial charge on any atom is -0.481 e. The number of ether oxygens (including phenoxy) is 2. The molecule has 0 aromatic heterocycles. The maximum absolute atomic E-state index is 12.4. The zero-order chi connectivity index (χ0) is 21.4. The average molecular weight is 406 g/mol. The molecule has 8 heteroatoms. The summed E-state index contributed by atoms with van der Waals surface area (Å²) in [5.74, 6) is -1.22. The van der Waals surface area contributed by atoms with Gasteiger partial charge in [-0.15, -0.1) is 0 Å². The van der Waals surface area contributed by atoms with Gasteiger partial charge in [0, 0.05) is 19.1 Å². The Morgan fingerprint density at radius 1 is 1.24 bits per heavy atom. The van der Waals surface area contributed by atoms with E-state index in [1.165, 1.54) is 0 Å². The van der Waals surface area contributed by atoms with Gasteiger partial charge in [-0.25, -0.2) is 9.59 Å². The Kier molecular flexibility index (Phi) is 7.87. The third kappa shape index (κ3) is 8.01. The summed E-state index contributed by atoms with van der Waals surface area (Å²) >= 11 is 0. The molecule has 0 bridgehead atoms. The number of hydrogen-bond donors (Lipinski definition) is 2. The van der Waals surface area contributed by atoms with E-state index in [9.17, 15) is 19.5 Å². The molecule has 1 fully saturated rings. The molecule has 2 atom stereocenters. The van der Waals surface area contributed by atoms with Crippen LogP contribution in [0.15, 0.2) is 30.3 Å². The summed E-state index contributed by atoms with van der Waals surface area (Å²) < 4.78 is 10.6. The summed E-state index contributed by atoms with van der Waals surface area (Å²) in [7, 11) is 0. The van der Waals surface area contributed by atoms with E-state index in [4.69, 9.17) is 9.47 Å². The number of nitrogens with zero attached hydrogens (tertiary/aromatic N) is 1. The van der Waals surface area contributed by atoms with E-state index in [1.54, 1.807) is 25.7 Å². The van der Waals surface area contributed by atoms with Crippen LogP contribution in [0, 0.1) is 5.92 Å². The van der Waals surface area contributed by atoms with Crippen LogP contribution in [-0.4, -0.2) is 52.9 Å². The first kappa shape index (κ1) is 22.5. The highest BCUT2D eigenvalue weighted by Gasteiger charge is 2.33. The largest absolute Gasteiger partial charge is 0.481 e. The lowest BCUT2D eigenvalue weighted by atomic mass is 9.89. The number of likely N-dealkylation sites (tertiary alicyclic amines) is 1. The molecule has 0 radical (unpaired) electrons. The molecule has 29 heavy (non-hydrogen) atoms. The summed E-state index contributed by atoms with van der Waals surface area (Å²) in [6, 6.07) is 8.59. The van der Waals surface area contributed by atoms with Gasteiger partial charge in [0.25, 0.3) is 0 Å². The Bertz CT molecular complexity index is 701. The van der Waals surface area contributed by atoms with E-state index in [2.05, 4.69) is 5.32 Å². The predicted molar refractivity (Wildman–Crippen MR) is 106 cm³/mol. The number of carboxylic acids is 1. The van der Waals surface area contributed by atoms with Gasteiger partial charge in [-0.2, -0.15) is 0 Å². The lowest BCUT2D eigenvalue weighted by Crippen LogP contribution is -2.50. The lowest BCUT2D eigenvalue weighted by Gasteiger charge is -2.37. The van der Waals surface area contributed by atoms with Crippen molar-refractivity contribution in [2.75, 3.05) is 13.1 Å². The molecule has 160 valence electrons. The van der Waals surface area contributed by atoms with Crippen molar-refractivity contribution in [1.29, 1.82) is 0 Å². The van der Waals surface area contributed by atoms with Crippen molar-refractivity contribution in [3.63, 3.8) is 0 Å². The molecule has 1 aliphatic heterocycles. The van der Waals surface area contributed by atoms with Gasteiger partial charge in [0.05, 0.1) is 6.42 Å². The third-order valence-corrected chi connectivity index (χ3v) is 4.59. The lowest BCUT2D eigenvalue weighted by molar-refractivity contribution is -0.138. The summed E-state index contributed by atoms with van der Waals surface area (Å²) in [4.78, 5) is 37.5. The number of hydrogen-bond acceptors (Lipinski definition) is 5. The van der Waals surface area contributed by atoms with Crippen molar-refractivity contribution < 1.29 is 29.0 Å². The summed E-state index contributed by atoms with van der Waals surface area (Å²) in [5, 5.41) is 11.9. The first-order chi connectivity index (χ1) is 13.6. The molecule has 1 aromatic carbocycles. The number of carbonyl (C=O) groups is 3. The fourth-order valence-corrected chi connectivity index (χ4v) is 3.27. The van der Waals surface area contributed by atoms with E-state index >= 15 is 0 Å². The van der Waals surface area contributed by atoms with Crippen molar-refractivity contribution in [2.45, 2.75) is 58.3 Å². The molecule has 2 N–H and O–H groups in total. The Morgan fingerprint density at radius 3 is 2.55 bits per heavy atom. The Labute approximate surface area is 171 Å². The summed E-state index contributed by atoms with van der Waals surface area (Å²) in [6.45, 7) is 6.36. The molecule has 2 amide bonds. The van der Waals surface area contributed by atoms with Gasteiger partial charge in [-0.3, -0.25) is 4.79 Å². The maximum atomic E-state index is 12.4. The number of nitrogens with one attached hydrogen (secondary N) is 1. The van der Waals surface area contributed by atoms with E-state index in [0.717, 1.165) is 5.56 Å². The molecule has 0 saturated carbocycles. The van der Waals surface area contributed by atoms with E-state index in [-0.39, 0.29) is 18.9 Å². The van der Waals surface area contributed by atoms with Gasteiger partial charge in [0.15, 0.2) is 0 Å². The molecular weight excluding hydrogens is 376 g/mol. The molecule has 1 saturated heterocycles. The fourth-order valence-electron chi connectivity index (χ4n) is 3.27. The number of carbonyl (C=O) groups excluding carboxylic acids is 2. The Hall–Kier alpha value is -2.77. The normalized spacial score (nSPS) is 17.9. The standard InChI is InChI=1S/C21H30N2O6/c1-21(2,3)29-20(27)23-11-7-10-16(13-23)17(12-18(24)25)22-19(26)28-14-15-8-5-4-6-9-15/h4-6,8-9,16-17H,7,10-14H2,1-3H3,(H,22,26)(H,24,25)/t16-,17-/m0/s1. The first-order valence-electron chi connectivity index (χ1n) is 9.81.